The summed E-state index contributed by atoms with van der Waals surface area (Å²) >= 11 is 0. The molecule has 0 atom stereocenters. The van der Waals surface area contributed by atoms with Gasteiger partial charge in [-0.1, -0.05) is 12.8 Å². The second-order valence-electron chi connectivity index (χ2n) is 6.05. The van der Waals surface area contributed by atoms with E-state index in [9.17, 15) is 14.9 Å². The Kier molecular flexibility index (Phi) is 4.76. The van der Waals surface area contributed by atoms with Crippen molar-refractivity contribution < 1.29 is 14.5 Å². The molecule has 1 aliphatic heterocycles. The molecule has 3 rings (SSSR count). The van der Waals surface area contributed by atoms with Crippen LogP contribution in [-0.4, -0.2) is 48.6 Å². The largest absolute Gasteiger partial charge is 0.379 e. The molecule has 23 heavy (non-hydrogen) atoms. The number of nitro benzene ring substituents is 1. The number of nitrogens with zero attached hydrogens (tertiary/aromatic N) is 2. The zero-order valence-electron chi connectivity index (χ0n) is 13.0. The molecule has 0 spiro atoms. The number of carbonyl (C=O) groups is 1. The highest BCUT2D eigenvalue weighted by molar-refractivity contribution is 5.95. The Hall–Kier alpha value is -2.15. The van der Waals surface area contributed by atoms with Gasteiger partial charge in [0.05, 0.1) is 18.1 Å². The molecule has 0 aromatic heterocycles. The molecule has 1 aromatic rings. The minimum atomic E-state index is -0.435. The summed E-state index contributed by atoms with van der Waals surface area (Å²) in [5, 5.41) is 14.4. The van der Waals surface area contributed by atoms with Gasteiger partial charge in [0, 0.05) is 31.3 Å². The second-order valence-corrected chi connectivity index (χ2v) is 6.05. The number of hydrogen-bond acceptors (Lipinski definition) is 5. The Bertz CT molecular complexity index is 595. The van der Waals surface area contributed by atoms with Gasteiger partial charge in [-0.15, -0.1) is 0 Å². The summed E-state index contributed by atoms with van der Waals surface area (Å²) in [6.07, 6.45) is 3.55. The van der Waals surface area contributed by atoms with Crippen molar-refractivity contribution in [3.63, 3.8) is 0 Å². The Morgan fingerprint density at radius 2 is 2.09 bits per heavy atom. The molecule has 2 aliphatic rings. The Morgan fingerprint density at radius 1 is 1.35 bits per heavy atom. The fourth-order valence-electron chi connectivity index (χ4n) is 2.73. The van der Waals surface area contributed by atoms with Gasteiger partial charge in [-0.3, -0.25) is 14.9 Å². The summed E-state index contributed by atoms with van der Waals surface area (Å²) in [6.45, 7) is 2.79. The van der Waals surface area contributed by atoms with Gasteiger partial charge in [-0.05, 0) is 24.5 Å². The maximum absolute atomic E-state index is 12.4. The number of hydrogen-bond donors (Lipinski definition) is 1. The summed E-state index contributed by atoms with van der Waals surface area (Å²) < 4.78 is 5.22. The molecular weight excluding hydrogens is 298 g/mol. The molecule has 0 unspecified atom stereocenters. The fraction of sp³-hybridized carbons (Fsp3) is 0.562. The van der Waals surface area contributed by atoms with Crippen molar-refractivity contribution in [1.29, 1.82) is 0 Å². The third kappa shape index (κ3) is 3.98. The number of morpholine rings is 1. The SMILES string of the molecule is O=C(c1ccc(NCCC2CC2)c([N+](=O)[O-])c1)N1CCOCC1. The van der Waals surface area contributed by atoms with Gasteiger partial charge >= 0.3 is 0 Å². The van der Waals surface area contributed by atoms with Crippen LogP contribution in [0.1, 0.15) is 29.6 Å². The predicted molar refractivity (Wildman–Crippen MR) is 85.6 cm³/mol. The van der Waals surface area contributed by atoms with Gasteiger partial charge in [0.1, 0.15) is 5.69 Å². The van der Waals surface area contributed by atoms with Crippen molar-refractivity contribution in [3.8, 4) is 0 Å². The number of nitro groups is 1. The highest BCUT2D eigenvalue weighted by Gasteiger charge is 2.24. The summed E-state index contributed by atoms with van der Waals surface area (Å²) in [5.74, 6) is 0.588. The van der Waals surface area contributed by atoms with Gasteiger partial charge in [0.25, 0.3) is 11.6 Å². The number of amides is 1. The number of benzene rings is 1. The summed E-state index contributed by atoms with van der Waals surface area (Å²) in [5.41, 5.74) is 0.792. The van der Waals surface area contributed by atoms with E-state index in [1.54, 1.807) is 17.0 Å². The quantitative estimate of drug-likeness (QED) is 0.642. The molecule has 0 bridgehead atoms. The zero-order chi connectivity index (χ0) is 16.2. The average molecular weight is 319 g/mol. The van der Waals surface area contributed by atoms with E-state index in [4.69, 9.17) is 4.74 Å². The third-order valence-corrected chi connectivity index (χ3v) is 4.30. The van der Waals surface area contributed by atoms with Gasteiger partial charge in [0.2, 0.25) is 0 Å². The molecular formula is C16H21N3O4. The lowest BCUT2D eigenvalue weighted by atomic mass is 10.1. The molecule has 1 saturated carbocycles. The Labute approximate surface area is 134 Å². The first-order valence-corrected chi connectivity index (χ1v) is 8.04. The van der Waals surface area contributed by atoms with Gasteiger partial charge in [-0.2, -0.15) is 0 Å². The van der Waals surface area contributed by atoms with Crippen LogP contribution in [0, 0.1) is 16.0 Å². The molecule has 1 heterocycles. The van der Waals surface area contributed by atoms with Crippen LogP contribution in [0.2, 0.25) is 0 Å². The van der Waals surface area contributed by atoms with E-state index < -0.39 is 4.92 Å². The van der Waals surface area contributed by atoms with Crippen LogP contribution in [0.15, 0.2) is 18.2 Å². The van der Waals surface area contributed by atoms with Crippen LogP contribution >= 0.6 is 0 Å². The molecule has 0 radical (unpaired) electrons. The third-order valence-electron chi connectivity index (χ3n) is 4.30. The highest BCUT2D eigenvalue weighted by Crippen LogP contribution is 2.33. The molecule has 1 N–H and O–H groups in total. The molecule has 1 aromatic carbocycles. The van der Waals surface area contributed by atoms with Crippen molar-refractivity contribution >= 4 is 17.3 Å². The van der Waals surface area contributed by atoms with Crippen molar-refractivity contribution in [3.05, 3.63) is 33.9 Å². The van der Waals surface area contributed by atoms with E-state index in [2.05, 4.69) is 5.32 Å². The number of ether oxygens (including phenoxy) is 1. The second kappa shape index (κ2) is 6.95. The van der Waals surface area contributed by atoms with Crippen LogP contribution in [-0.2, 0) is 4.74 Å². The molecule has 7 nitrogen and oxygen atoms in total. The van der Waals surface area contributed by atoms with Crippen LogP contribution in [0.25, 0.3) is 0 Å². The van der Waals surface area contributed by atoms with Crippen LogP contribution in [0.5, 0.6) is 0 Å². The summed E-state index contributed by atoms with van der Waals surface area (Å²) in [7, 11) is 0. The van der Waals surface area contributed by atoms with E-state index in [0.717, 1.165) is 18.9 Å². The smallest absolute Gasteiger partial charge is 0.293 e. The van der Waals surface area contributed by atoms with Crippen molar-refractivity contribution in [1.82, 2.24) is 4.90 Å². The van der Waals surface area contributed by atoms with E-state index in [1.807, 2.05) is 0 Å². The number of nitrogens with one attached hydrogen (secondary N) is 1. The zero-order valence-corrected chi connectivity index (χ0v) is 13.0. The van der Waals surface area contributed by atoms with E-state index >= 15 is 0 Å². The monoisotopic (exact) mass is 319 g/mol. The lowest BCUT2D eigenvalue weighted by Gasteiger charge is -2.26. The van der Waals surface area contributed by atoms with Crippen LogP contribution < -0.4 is 5.32 Å². The van der Waals surface area contributed by atoms with Crippen molar-refractivity contribution in [2.45, 2.75) is 19.3 Å². The molecule has 1 aliphatic carbocycles. The average Bonchev–Trinajstić information content (AvgIpc) is 3.39. The summed E-state index contributed by atoms with van der Waals surface area (Å²) in [6, 6.07) is 4.67. The molecule has 1 amide bonds. The molecule has 2 fully saturated rings. The van der Waals surface area contributed by atoms with Gasteiger partial charge < -0.3 is 15.0 Å². The van der Waals surface area contributed by atoms with Crippen molar-refractivity contribution in [2.75, 3.05) is 38.2 Å². The topological polar surface area (TPSA) is 84.7 Å². The maximum atomic E-state index is 12.4. The normalized spacial score (nSPS) is 17.8. The highest BCUT2D eigenvalue weighted by atomic mass is 16.6. The minimum absolute atomic E-state index is 0.0418. The van der Waals surface area contributed by atoms with E-state index in [-0.39, 0.29) is 11.6 Å². The predicted octanol–water partition coefficient (Wildman–Crippen LogP) is 2.28. The number of anilines is 1. The maximum Gasteiger partial charge on any atom is 0.293 e. The minimum Gasteiger partial charge on any atom is -0.379 e. The van der Waals surface area contributed by atoms with Gasteiger partial charge in [0.15, 0.2) is 0 Å². The van der Waals surface area contributed by atoms with E-state index in [0.29, 0.717) is 37.6 Å². The van der Waals surface area contributed by atoms with Crippen LogP contribution in [0.4, 0.5) is 11.4 Å². The fourth-order valence-corrected chi connectivity index (χ4v) is 2.73. The van der Waals surface area contributed by atoms with Crippen molar-refractivity contribution in [2.24, 2.45) is 5.92 Å². The number of rotatable bonds is 6. The van der Waals surface area contributed by atoms with E-state index in [1.165, 1.54) is 18.9 Å². The standard InChI is InChI=1S/C16H21N3O4/c20-16(18-7-9-23-10-8-18)13-3-4-14(15(11-13)19(21)22)17-6-5-12-1-2-12/h3-4,11-12,17H,1-2,5-10H2. The molecule has 124 valence electrons. The first kappa shape index (κ1) is 15.7. The Balaban J connectivity index is 1.71. The van der Waals surface area contributed by atoms with Gasteiger partial charge in [-0.25, -0.2) is 0 Å². The number of carbonyl (C=O) groups excluding carboxylic acids is 1. The first-order chi connectivity index (χ1) is 11.1. The lowest BCUT2D eigenvalue weighted by Crippen LogP contribution is -2.40. The lowest BCUT2D eigenvalue weighted by molar-refractivity contribution is -0.384. The Morgan fingerprint density at radius 3 is 2.74 bits per heavy atom. The first-order valence-electron chi connectivity index (χ1n) is 8.04. The van der Waals surface area contributed by atoms with Crippen LogP contribution in [0.3, 0.4) is 0 Å². The molecule has 1 saturated heterocycles. The molecule has 7 heteroatoms. The summed E-state index contributed by atoms with van der Waals surface area (Å²) in [4.78, 5) is 25.0.